The second kappa shape index (κ2) is 26.1. The van der Waals surface area contributed by atoms with Gasteiger partial charge in [0.1, 0.15) is 0 Å². The van der Waals surface area contributed by atoms with Gasteiger partial charge in [0.15, 0.2) is 0 Å². The molecule has 2 saturated carbocycles. The second-order valence-electron chi connectivity index (χ2n) is 16.1. The maximum absolute atomic E-state index is 11.8. The number of amides is 4. The predicted octanol–water partition coefficient (Wildman–Crippen LogP) is 8.57. The number of hydrogen-bond acceptors (Lipinski definition) is 7. The molecule has 0 unspecified atom stereocenters. The molecule has 58 heavy (non-hydrogen) atoms. The summed E-state index contributed by atoms with van der Waals surface area (Å²) in [5, 5.41) is 20.8. The molecule has 0 atom stereocenters. The zero-order valence-electron chi connectivity index (χ0n) is 34.4. The van der Waals surface area contributed by atoms with Crippen molar-refractivity contribution in [2.45, 2.75) is 83.7 Å². The van der Waals surface area contributed by atoms with Crippen LogP contribution in [-0.2, 0) is 0 Å². The van der Waals surface area contributed by atoms with Crippen LogP contribution in [0.2, 0.25) is 20.1 Å². The Labute approximate surface area is 369 Å². The van der Waals surface area contributed by atoms with Crippen molar-refractivity contribution in [2.24, 2.45) is 11.8 Å². The van der Waals surface area contributed by atoms with E-state index in [4.69, 9.17) is 51.5 Å². The van der Waals surface area contributed by atoms with E-state index in [0.717, 1.165) is 121 Å². The van der Waals surface area contributed by atoms with Gasteiger partial charge in [-0.3, -0.25) is 4.90 Å². The summed E-state index contributed by atoms with van der Waals surface area (Å²) in [6, 6.07) is 12.3. The first-order valence-corrected chi connectivity index (χ1v) is 22.2. The molecule has 15 heteroatoms. The van der Waals surface area contributed by atoms with Gasteiger partial charge in [0.05, 0.1) is 31.5 Å². The molecule has 0 aromatic heterocycles. The molecule has 2 heterocycles. The fraction of sp³-hybridized carbons (Fsp3) is 0.674. The number of nitrogens with one attached hydrogen (secondary N) is 3. The van der Waals surface area contributed by atoms with Crippen LogP contribution in [0.15, 0.2) is 36.4 Å². The fourth-order valence-electron chi connectivity index (χ4n) is 7.94. The standard InChI is InChI=1S/C21H32Cl2N4O.C11H22N2O2.C10H12Cl2N2.CH4/c1-25(2)21(28)24-17-8-6-16(7-9-17)10-11-26-12-14-27(15-13-26)19-5-3-4-18(22)20(19)23;1-13(2)11(15)12-10-5-3-9(4-6-10)7-8-14;11-8-2-1-3-9(10(8)12)14-6-4-13-5-7-14;/h3-5,16-17H,6-15H2,1-2H3,(H,24,28);9-10,14H,3-8H2,1-2H3,(H,12,15);1-3,13H,4-7H2;1H4. The molecule has 4 aliphatic rings. The van der Waals surface area contributed by atoms with E-state index >= 15 is 0 Å². The molecule has 0 radical (unpaired) electrons. The molecule has 2 saturated heterocycles. The van der Waals surface area contributed by atoms with Crippen LogP contribution in [-0.4, -0.2) is 138 Å². The quantitative estimate of drug-likeness (QED) is 0.200. The second-order valence-corrected chi connectivity index (χ2v) is 17.7. The van der Waals surface area contributed by atoms with Gasteiger partial charge in [0, 0.05) is 99.2 Å². The lowest BCUT2D eigenvalue weighted by molar-refractivity contribution is 0.194. The van der Waals surface area contributed by atoms with E-state index in [0.29, 0.717) is 44.7 Å². The zero-order chi connectivity index (χ0) is 41.3. The van der Waals surface area contributed by atoms with Crippen LogP contribution in [0, 0.1) is 11.8 Å². The average molecular weight is 889 g/mol. The van der Waals surface area contributed by atoms with Crippen LogP contribution in [0.5, 0.6) is 0 Å². The Bertz CT molecular complexity index is 1510. The fourth-order valence-corrected chi connectivity index (χ4v) is 8.77. The lowest BCUT2D eigenvalue weighted by atomic mass is 9.84. The smallest absolute Gasteiger partial charge is 0.317 e. The summed E-state index contributed by atoms with van der Waals surface area (Å²) < 4.78 is 0. The normalized spacial score (nSPS) is 22.2. The molecule has 0 bridgehead atoms. The van der Waals surface area contributed by atoms with Gasteiger partial charge < -0.3 is 40.7 Å². The van der Waals surface area contributed by atoms with E-state index in [1.165, 1.54) is 19.3 Å². The van der Waals surface area contributed by atoms with Crippen LogP contribution in [0.4, 0.5) is 21.0 Å². The number of rotatable bonds is 9. The molecular weight excluding hydrogens is 818 g/mol. The van der Waals surface area contributed by atoms with Crippen molar-refractivity contribution >= 4 is 69.8 Å². The first-order valence-electron chi connectivity index (χ1n) is 20.7. The minimum atomic E-state index is 0. The highest BCUT2D eigenvalue weighted by atomic mass is 35.5. The van der Waals surface area contributed by atoms with Gasteiger partial charge >= 0.3 is 12.1 Å². The van der Waals surface area contributed by atoms with E-state index in [2.05, 4.69) is 36.7 Å². The average Bonchev–Trinajstić information content (AvgIpc) is 3.21. The van der Waals surface area contributed by atoms with Crippen LogP contribution in [0.25, 0.3) is 0 Å². The topological polar surface area (TPSA) is 107 Å². The number of aliphatic hydroxyl groups excluding tert-OH is 1. The summed E-state index contributed by atoms with van der Waals surface area (Å²) in [7, 11) is 7.10. The number of halogens is 4. The van der Waals surface area contributed by atoms with Crippen molar-refractivity contribution in [1.29, 1.82) is 0 Å². The van der Waals surface area contributed by atoms with Gasteiger partial charge in [0.25, 0.3) is 0 Å². The maximum atomic E-state index is 11.8. The van der Waals surface area contributed by atoms with Crippen molar-refractivity contribution in [3.8, 4) is 0 Å². The minimum absolute atomic E-state index is 0. The summed E-state index contributed by atoms with van der Waals surface area (Å²) in [5.74, 6) is 1.44. The molecule has 4 N–H and O–H groups in total. The zero-order valence-corrected chi connectivity index (χ0v) is 37.5. The third kappa shape index (κ3) is 16.2. The number of piperazine rings is 2. The van der Waals surface area contributed by atoms with Gasteiger partial charge in [-0.25, -0.2) is 9.59 Å². The van der Waals surface area contributed by atoms with Crippen LogP contribution >= 0.6 is 46.4 Å². The maximum Gasteiger partial charge on any atom is 0.317 e. The Kier molecular flexibility index (Phi) is 22.5. The Hall–Kier alpha value is -2.38. The van der Waals surface area contributed by atoms with E-state index in [9.17, 15) is 9.59 Å². The van der Waals surface area contributed by atoms with E-state index in [-0.39, 0.29) is 19.5 Å². The molecule has 2 aliphatic carbocycles. The van der Waals surface area contributed by atoms with Crippen molar-refractivity contribution < 1.29 is 14.7 Å². The monoisotopic (exact) mass is 886 g/mol. The summed E-state index contributed by atoms with van der Waals surface area (Å²) in [6.45, 7) is 9.54. The number of carbonyl (C=O) groups excluding carboxylic acids is 2. The molecule has 6 rings (SSSR count). The number of aliphatic hydroxyl groups is 1. The predicted molar refractivity (Wildman–Crippen MR) is 246 cm³/mol. The largest absolute Gasteiger partial charge is 0.396 e. The Morgan fingerprint density at radius 1 is 0.655 bits per heavy atom. The molecule has 11 nitrogen and oxygen atoms in total. The van der Waals surface area contributed by atoms with Crippen LogP contribution in [0.1, 0.15) is 71.6 Å². The molecule has 4 amide bonds. The molecule has 2 aromatic carbocycles. The molecule has 4 fully saturated rings. The van der Waals surface area contributed by atoms with Crippen LogP contribution in [0.3, 0.4) is 0 Å². The lowest BCUT2D eigenvalue weighted by Gasteiger charge is -2.37. The Balaban J connectivity index is 0.000000253. The number of urea groups is 2. The van der Waals surface area contributed by atoms with Crippen molar-refractivity contribution in [3.05, 3.63) is 56.5 Å². The van der Waals surface area contributed by atoms with Gasteiger partial charge in [-0.1, -0.05) is 66.0 Å². The third-order valence-corrected chi connectivity index (χ3v) is 13.2. The first-order chi connectivity index (χ1) is 27.4. The molecular formula is C43H70Cl4N8O3. The van der Waals surface area contributed by atoms with E-state index < -0.39 is 0 Å². The van der Waals surface area contributed by atoms with Gasteiger partial charge in [-0.05, 0) is 107 Å². The first kappa shape index (κ1) is 50.0. The molecule has 0 spiro atoms. The highest BCUT2D eigenvalue weighted by Crippen LogP contribution is 2.34. The van der Waals surface area contributed by atoms with Crippen molar-refractivity contribution in [2.75, 3.05) is 104 Å². The highest BCUT2D eigenvalue weighted by molar-refractivity contribution is 6.44. The van der Waals surface area contributed by atoms with Crippen molar-refractivity contribution in [3.63, 3.8) is 0 Å². The van der Waals surface area contributed by atoms with E-state index in [1.54, 1.807) is 38.0 Å². The molecule has 2 aliphatic heterocycles. The van der Waals surface area contributed by atoms with Crippen LogP contribution < -0.4 is 25.8 Å². The van der Waals surface area contributed by atoms with E-state index in [1.807, 2.05) is 30.3 Å². The summed E-state index contributed by atoms with van der Waals surface area (Å²) >= 11 is 24.6. The highest BCUT2D eigenvalue weighted by Gasteiger charge is 2.26. The minimum Gasteiger partial charge on any atom is -0.396 e. The van der Waals surface area contributed by atoms with Gasteiger partial charge in [-0.15, -0.1) is 0 Å². The summed E-state index contributed by atoms with van der Waals surface area (Å²) in [4.78, 5) is 33.5. The van der Waals surface area contributed by atoms with Crippen molar-refractivity contribution in [1.82, 2.24) is 30.7 Å². The number of nitrogens with zero attached hydrogens (tertiary/aromatic N) is 5. The number of hydrogen-bond donors (Lipinski definition) is 4. The summed E-state index contributed by atoms with van der Waals surface area (Å²) in [6.07, 6.45) is 11.1. The number of benzene rings is 2. The lowest BCUT2D eigenvalue weighted by Crippen LogP contribution is -2.47. The van der Waals surface area contributed by atoms with Gasteiger partial charge in [0.2, 0.25) is 0 Å². The molecule has 2 aromatic rings. The Morgan fingerprint density at radius 2 is 1.07 bits per heavy atom. The van der Waals surface area contributed by atoms with Gasteiger partial charge in [-0.2, -0.15) is 0 Å². The summed E-state index contributed by atoms with van der Waals surface area (Å²) in [5.41, 5.74) is 2.09. The Morgan fingerprint density at radius 3 is 1.48 bits per heavy atom. The SMILES string of the molecule is C.CN(C)C(=O)NC1CCC(CCN2CCN(c3cccc(Cl)c3Cl)CC2)CC1.CN(C)C(=O)NC1CCC(CCO)CC1.Clc1cccc(N2CCNCC2)c1Cl. The third-order valence-electron chi connectivity index (χ3n) is 11.6. The number of anilines is 2. The number of carbonyl (C=O) groups is 2. The molecule has 328 valence electrons.